The van der Waals surface area contributed by atoms with Gasteiger partial charge in [-0.05, 0) is 17.9 Å². The fourth-order valence-electron chi connectivity index (χ4n) is 2.68. The van der Waals surface area contributed by atoms with Crippen LogP contribution in [0.3, 0.4) is 0 Å². The molecule has 1 aromatic carbocycles. The molecule has 0 radical (unpaired) electrons. The maximum atomic E-state index is 12.2. The van der Waals surface area contributed by atoms with Gasteiger partial charge < -0.3 is 9.64 Å². The molecule has 4 heteroatoms. The van der Waals surface area contributed by atoms with E-state index in [1.807, 2.05) is 37.3 Å². The summed E-state index contributed by atoms with van der Waals surface area (Å²) in [4.78, 5) is 25.6. The first-order chi connectivity index (χ1) is 9.61. The number of hydrogen-bond donors (Lipinski definition) is 0. The molecule has 2 rings (SSSR count). The van der Waals surface area contributed by atoms with E-state index >= 15 is 0 Å². The average Bonchev–Trinajstić information content (AvgIpc) is 2.87. The first-order valence-corrected chi connectivity index (χ1v) is 7.01. The van der Waals surface area contributed by atoms with Crippen LogP contribution in [-0.4, -0.2) is 37.0 Å². The van der Waals surface area contributed by atoms with Crippen LogP contribution < -0.4 is 0 Å². The quantitative estimate of drug-likeness (QED) is 0.788. The van der Waals surface area contributed by atoms with Gasteiger partial charge in [-0.1, -0.05) is 37.3 Å². The number of esters is 1. The van der Waals surface area contributed by atoms with E-state index in [1.54, 1.807) is 4.90 Å². The topological polar surface area (TPSA) is 46.6 Å². The Morgan fingerprint density at radius 3 is 2.60 bits per heavy atom. The summed E-state index contributed by atoms with van der Waals surface area (Å²) < 4.78 is 4.79. The molecule has 0 aliphatic carbocycles. The SMILES string of the molecule is COC(=O)C1CN(C(=O)CCc2ccccc2)CC1C. The molecule has 2 unspecified atom stereocenters. The van der Waals surface area contributed by atoms with E-state index in [4.69, 9.17) is 4.74 Å². The molecule has 0 spiro atoms. The van der Waals surface area contributed by atoms with Crippen LogP contribution in [0.15, 0.2) is 30.3 Å². The smallest absolute Gasteiger partial charge is 0.310 e. The molecule has 1 fully saturated rings. The lowest BCUT2D eigenvalue weighted by atomic mass is 9.99. The van der Waals surface area contributed by atoms with E-state index in [0.29, 0.717) is 19.5 Å². The Morgan fingerprint density at radius 1 is 1.25 bits per heavy atom. The van der Waals surface area contributed by atoms with Gasteiger partial charge in [-0.25, -0.2) is 0 Å². The number of hydrogen-bond acceptors (Lipinski definition) is 3. The number of rotatable bonds is 4. The van der Waals surface area contributed by atoms with Crippen molar-refractivity contribution in [2.24, 2.45) is 11.8 Å². The Hall–Kier alpha value is -1.84. The molecule has 1 aliphatic heterocycles. The van der Waals surface area contributed by atoms with Crippen LogP contribution in [0.4, 0.5) is 0 Å². The van der Waals surface area contributed by atoms with Gasteiger partial charge in [0.2, 0.25) is 5.91 Å². The third-order valence-corrected chi connectivity index (χ3v) is 3.94. The number of likely N-dealkylation sites (tertiary alicyclic amines) is 1. The molecule has 1 aliphatic rings. The monoisotopic (exact) mass is 275 g/mol. The van der Waals surface area contributed by atoms with Crippen molar-refractivity contribution in [1.29, 1.82) is 0 Å². The van der Waals surface area contributed by atoms with Crippen LogP contribution in [0.2, 0.25) is 0 Å². The molecule has 1 aromatic rings. The minimum Gasteiger partial charge on any atom is -0.469 e. The van der Waals surface area contributed by atoms with Gasteiger partial charge in [-0.2, -0.15) is 0 Å². The number of carbonyl (C=O) groups excluding carboxylic acids is 2. The largest absolute Gasteiger partial charge is 0.469 e. The van der Waals surface area contributed by atoms with Gasteiger partial charge in [0.1, 0.15) is 0 Å². The molecule has 108 valence electrons. The van der Waals surface area contributed by atoms with Gasteiger partial charge >= 0.3 is 5.97 Å². The van der Waals surface area contributed by atoms with Crippen molar-refractivity contribution in [2.75, 3.05) is 20.2 Å². The fourth-order valence-corrected chi connectivity index (χ4v) is 2.68. The van der Waals surface area contributed by atoms with Crippen molar-refractivity contribution >= 4 is 11.9 Å². The lowest BCUT2D eigenvalue weighted by molar-refractivity contribution is -0.146. The second-order valence-corrected chi connectivity index (χ2v) is 5.39. The first-order valence-electron chi connectivity index (χ1n) is 7.01. The number of aryl methyl sites for hydroxylation is 1. The predicted molar refractivity (Wildman–Crippen MR) is 76.0 cm³/mol. The molecule has 0 saturated carbocycles. The molecule has 1 saturated heterocycles. The Morgan fingerprint density at radius 2 is 1.95 bits per heavy atom. The predicted octanol–water partition coefficient (Wildman–Crippen LogP) is 1.89. The molecular weight excluding hydrogens is 254 g/mol. The summed E-state index contributed by atoms with van der Waals surface area (Å²) in [7, 11) is 1.40. The maximum Gasteiger partial charge on any atom is 0.310 e. The van der Waals surface area contributed by atoms with E-state index in [-0.39, 0.29) is 23.7 Å². The van der Waals surface area contributed by atoms with Gasteiger partial charge in [0.25, 0.3) is 0 Å². The minimum absolute atomic E-state index is 0.118. The number of nitrogens with zero attached hydrogens (tertiary/aromatic N) is 1. The highest BCUT2D eigenvalue weighted by molar-refractivity contribution is 5.79. The maximum absolute atomic E-state index is 12.2. The van der Waals surface area contributed by atoms with Crippen LogP contribution in [0.5, 0.6) is 0 Å². The number of benzene rings is 1. The zero-order chi connectivity index (χ0) is 14.5. The third kappa shape index (κ3) is 3.38. The van der Waals surface area contributed by atoms with E-state index in [0.717, 1.165) is 12.0 Å². The molecule has 0 aromatic heterocycles. The van der Waals surface area contributed by atoms with Crippen molar-refractivity contribution < 1.29 is 14.3 Å². The van der Waals surface area contributed by atoms with Crippen LogP contribution in [0.1, 0.15) is 18.9 Å². The second kappa shape index (κ2) is 6.55. The molecule has 1 heterocycles. The van der Waals surface area contributed by atoms with Crippen LogP contribution in [0, 0.1) is 11.8 Å². The Balaban J connectivity index is 1.86. The first kappa shape index (κ1) is 14.6. The van der Waals surface area contributed by atoms with Gasteiger partial charge in [-0.3, -0.25) is 9.59 Å². The third-order valence-electron chi connectivity index (χ3n) is 3.94. The molecule has 20 heavy (non-hydrogen) atoms. The van der Waals surface area contributed by atoms with Crippen molar-refractivity contribution in [2.45, 2.75) is 19.8 Å². The summed E-state index contributed by atoms with van der Waals surface area (Å²) in [6.45, 7) is 3.13. The lowest BCUT2D eigenvalue weighted by Crippen LogP contribution is -2.30. The van der Waals surface area contributed by atoms with Gasteiger partial charge in [-0.15, -0.1) is 0 Å². The zero-order valence-electron chi connectivity index (χ0n) is 12.0. The van der Waals surface area contributed by atoms with Crippen molar-refractivity contribution in [3.63, 3.8) is 0 Å². The number of ether oxygens (including phenoxy) is 1. The van der Waals surface area contributed by atoms with Crippen LogP contribution in [-0.2, 0) is 20.7 Å². The molecule has 0 bridgehead atoms. The molecule has 4 nitrogen and oxygen atoms in total. The number of amides is 1. The normalized spacial score (nSPS) is 21.8. The molecule has 2 atom stereocenters. The van der Waals surface area contributed by atoms with E-state index in [2.05, 4.69) is 0 Å². The summed E-state index contributed by atoms with van der Waals surface area (Å²) >= 11 is 0. The van der Waals surface area contributed by atoms with Gasteiger partial charge in [0, 0.05) is 19.5 Å². The number of carbonyl (C=O) groups is 2. The van der Waals surface area contributed by atoms with Crippen LogP contribution in [0.25, 0.3) is 0 Å². The van der Waals surface area contributed by atoms with E-state index in [1.165, 1.54) is 7.11 Å². The summed E-state index contributed by atoms with van der Waals surface area (Å²) in [5.41, 5.74) is 1.16. The zero-order valence-corrected chi connectivity index (χ0v) is 12.0. The highest BCUT2D eigenvalue weighted by Gasteiger charge is 2.37. The van der Waals surface area contributed by atoms with Crippen LogP contribution >= 0.6 is 0 Å². The van der Waals surface area contributed by atoms with Crippen molar-refractivity contribution in [3.05, 3.63) is 35.9 Å². The lowest BCUT2D eigenvalue weighted by Gasteiger charge is -2.16. The summed E-state index contributed by atoms with van der Waals surface area (Å²) in [6, 6.07) is 9.97. The second-order valence-electron chi connectivity index (χ2n) is 5.39. The Kier molecular flexibility index (Phi) is 4.77. The summed E-state index contributed by atoms with van der Waals surface area (Å²) in [6.07, 6.45) is 1.23. The van der Waals surface area contributed by atoms with Crippen molar-refractivity contribution in [1.82, 2.24) is 4.90 Å². The van der Waals surface area contributed by atoms with E-state index in [9.17, 15) is 9.59 Å². The fraction of sp³-hybridized carbons (Fsp3) is 0.500. The summed E-state index contributed by atoms with van der Waals surface area (Å²) in [5, 5.41) is 0. The van der Waals surface area contributed by atoms with Gasteiger partial charge in [0.15, 0.2) is 0 Å². The minimum atomic E-state index is -0.212. The highest BCUT2D eigenvalue weighted by atomic mass is 16.5. The van der Waals surface area contributed by atoms with Crippen molar-refractivity contribution in [3.8, 4) is 0 Å². The highest BCUT2D eigenvalue weighted by Crippen LogP contribution is 2.24. The molecular formula is C16H21NO3. The van der Waals surface area contributed by atoms with E-state index < -0.39 is 0 Å². The molecule has 0 N–H and O–H groups in total. The Bertz CT molecular complexity index is 472. The summed E-state index contributed by atoms with van der Waals surface area (Å²) in [5.74, 6) is -0.105. The average molecular weight is 275 g/mol. The Labute approximate surface area is 119 Å². The standard InChI is InChI=1S/C16H21NO3/c1-12-10-17(11-14(12)16(19)20-2)15(18)9-8-13-6-4-3-5-7-13/h3-7,12,14H,8-11H2,1-2H3. The van der Waals surface area contributed by atoms with Gasteiger partial charge in [0.05, 0.1) is 13.0 Å². The number of methoxy groups -OCH3 is 1. The molecule has 1 amide bonds.